The van der Waals surface area contributed by atoms with E-state index in [0.29, 0.717) is 25.5 Å². The van der Waals surface area contributed by atoms with Gasteiger partial charge in [0.2, 0.25) is 11.9 Å². The van der Waals surface area contributed by atoms with Crippen LogP contribution in [0.25, 0.3) is 11.0 Å². The number of benzene rings is 1. The fourth-order valence-electron chi connectivity index (χ4n) is 5.13. The second kappa shape index (κ2) is 13.0. The van der Waals surface area contributed by atoms with Crippen molar-refractivity contribution in [3.8, 4) is 0 Å². The zero-order valence-electron chi connectivity index (χ0n) is 23.3. The van der Waals surface area contributed by atoms with Crippen LogP contribution in [0, 0.1) is 6.92 Å². The van der Waals surface area contributed by atoms with Crippen molar-refractivity contribution in [2.45, 2.75) is 65.6 Å². The normalized spacial score (nSPS) is 15.0. The lowest BCUT2D eigenvalue weighted by Crippen LogP contribution is -2.48. The number of aliphatic hydroxyl groups is 1. The van der Waals surface area contributed by atoms with E-state index in [1.54, 1.807) is 4.90 Å². The molecule has 1 fully saturated rings. The number of amides is 1. The predicted octanol–water partition coefficient (Wildman–Crippen LogP) is 2.96. The Hall–Kier alpha value is -3.50. The van der Waals surface area contributed by atoms with E-state index in [1.807, 2.05) is 12.3 Å². The summed E-state index contributed by atoms with van der Waals surface area (Å²) in [5.41, 5.74) is 11.3. The van der Waals surface area contributed by atoms with Crippen molar-refractivity contribution in [1.82, 2.24) is 24.3 Å². The van der Waals surface area contributed by atoms with Crippen LogP contribution in [0.3, 0.4) is 0 Å². The molecule has 39 heavy (non-hydrogen) atoms. The van der Waals surface area contributed by atoms with Gasteiger partial charge in [0.05, 0.1) is 24.6 Å². The van der Waals surface area contributed by atoms with Crippen molar-refractivity contribution in [2.75, 3.05) is 43.8 Å². The number of aliphatic hydroxyl groups excluding tert-OH is 1. The molecule has 10 nitrogen and oxygen atoms in total. The molecule has 1 aliphatic rings. The molecule has 1 atom stereocenters. The van der Waals surface area contributed by atoms with Gasteiger partial charge >= 0.3 is 0 Å². The number of ketones is 1. The number of carbonyl (C=O) groups is 2. The zero-order chi connectivity index (χ0) is 27.9. The van der Waals surface area contributed by atoms with Gasteiger partial charge in [0, 0.05) is 45.5 Å². The molecule has 0 radical (unpaired) electrons. The van der Waals surface area contributed by atoms with Crippen molar-refractivity contribution >= 4 is 34.5 Å². The number of fused-ring (bicyclic) bond motifs is 1. The van der Waals surface area contributed by atoms with Crippen molar-refractivity contribution in [3.63, 3.8) is 0 Å². The SMILES string of the molecule is CCCC[C@@H](CO)Nc1nc(N)nc2ccn(Cc3cc(CN4CCN(C(=O)CC(C)=O)CC4)ccc3C)c12. The first kappa shape index (κ1) is 28.5. The monoisotopic (exact) mass is 535 g/mol. The van der Waals surface area contributed by atoms with Gasteiger partial charge in [-0.25, -0.2) is 4.98 Å². The van der Waals surface area contributed by atoms with Gasteiger partial charge in [-0.1, -0.05) is 38.0 Å². The minimum Gasteiger partial charge on any atom is -0.394 e. The Morgan fingerprint density at radius 3 is 2.59 bits per heavy atom. The molecule has 1 saturated heterocycles. The van der Waals surface area contributed by atoms with Crippen molar-refractivity contribution < 1.29 is 14.7 Å². The molecule has 0 unspecified atom stereocenters. The Labute approximate surface area is 230 Å². The molecule has 0 aliphatic carbocycles. The summed E-state index contributed by atoms with van der Waals surface area (Å²) >= 11 is 0. The number of hydrogen-bond acceptors (Lipinski definition) is 8. The highest BCUT2D eigenvalue weighted by atomic mass is 16.3. The third-order valence-corrected chi connectivity index (χ3v) is 7.38. The highest BCUT2D eigenvalue weighted by Gasteiger charge is 2.22. The quantitative estimate of drug-likeness (QED) is 0.302. The topological polar surface area (TPSA) is 130 Å². The molecule has 3 aromatic rings. The van der Waals surface area contributed by atoms with Gasteiger partial charge < -0.3 is 25.6 Å². The molecule has 3 heterocycles. The number of nitrogens with one attached hydrogen (secondary N) is 1. The van der Waals surface area contributed by atoms with Crippen LogP contribution in [0.2, 0.25) is 0 Å². The first-order valence-corrected chi connectivity index (χ1v) is 13.8. The summed E-state index contributed by atoms with van der Waals surface area (Å²) < 4.78 is 2.14. The lowest BCUT2D eigenvalue weighted by molar-refractivity contribution is -0.136. The van der Waals surface area contributed by atoms with Crippen LogP contribution in [-0.2, 0) is 22.7 Å². The molecule has 1 aliphatic heterocycles. The Kier molecular flexibility index (Phi) is 9.53. The van der Waals surface area contributed by atoms with E-state index in [1.165, 1.54) is 23.6 Å². The van der Waals surface area contributed by atoms with E-state index in [-0.39, 0.29) is 36.7 Å². The van der Waals surface area contributed by atoms with Crippen LogP contribution in [0.15, 0.2) is 30.5 Å². The molecule has 0 spiro atoms. The molecule has 0 bridgehead atoms. The third kappa shape index (κ3) is 7.33. The Morgan fingerprint density at radius 1 is 1.13 bits per heavy atom. The molecule has 1 aromatic carbocycles. The average Bonchev–Trinajstić information content (AvgIpc) is 3.30. The van der Waals surface area contributed by atoms with Gasteiger partial charge in [-0.3, -0.25) is 14.5 Å². The van der Waals surface area contributed by atoms with Crippen molar-refractivity contribution in [1.29, 1.82) is 0 Å². The fourth-order valence-corrected chi connectivity index (χ4v) is 5.13. The second-order valence-corrected chi connectivity index (χ2v) is 10.6. The number of Topliss-reactive ketones (excluding diaryl/α,β-unsaturated/α-hetero) is 1. The van der Waals surface area contributed by atoms with Crippen LogP contribution in [-0.4, -0.2) is 80.0 Å². The minimum absolute atomic E-state index is 0.0103. The number of hydrogen-bond donors (Lipinski definition) is 3. The molecule has 4 N–H and O–H groups in total. The summed E-state index contributed by atoms with van der Waals surface area (Å²) in [6.07, 6.45) is 4.91. The molecular formula is C29H41N7O3. The number of aryl methyl sites for hydroxylation is 1. The van der Waals surface area contributed by atoms with Crippen LogP contribution in [0.1, 0.15) is 56.2 Å². The molecule has 4 rings (SSSR count). The first-order valence-electron chi connectivity index (χ1n) is 13.8. The number of piperazine rings is 1. The van der Waals surface area contributed by atoms with Crippen LogP contribution in [0.4, 0.5) is 11.8 Å². The van der Waals surface area contributed by atoms with Gasteiger partial charge in [-0.15, -0.1) is 0 Å². The number of nitrogen functional groups attached to an aromatic ring is 1. The smallest absolute Gasteiger partial charge is 0.230 e. The number of carbonyl (C=O) groups excluding carboxylic acids is 2. The second-order valence-electron chi connectivity index (χ2n) is 10.6. The number of rotatable bonds is 12. The van der Waals surface area contributed by atoms with E-state index < -0.39 is 0 Å². The lowest BCUT2D eigenvalue weighted by Gasteiger charge is -2.34. The molecule has 0 saturated carbocycles. The third-order valence-electron chi connectivity index (χ3n) is 7.38. The minimum atomic E-state index is -0.103. The Morgan fingerprint density at radius 2 is 1.90 bits per heavy atom. The van der Waals surface area contributed by atoms with Crippen molar-refractivity contribution in [2.24, 2.45) is 0 Å². The highest BCUT2D eigenvalue weighted by Crippen LogP contribution is 2.26. The maximum Gasteiger partial charge on any atom is 0.230 e. The predicted molar refractivity (Wildman–Crippen MR) is 153 cm³/mol. The lowest BCUT2D eigenvalue weighted by atomic mass is 10.0. The number of aromatic nitrogens is 3. The first-order chi connectivity index (χ1) is 18.8. The number of nitrogens with two attached hydrogens (primary N) is 1. The number of unbranched alkanes of at least 4 members (excludes halogenated alkanes) is 1. The van der Waals surface area contributed by atoms with E-state index in [2.05, 4.69) is 56.8 Å². The summed E-state index contributed by atoms with van der Waals surface area (Å²) in [7, 11) is 0. The van der Waals surface area contributed by atoms with Crippen LogP contribution in [0.5, 0.6) is 0 Å². The van der Waals surface area contributed by atoms with E-state index in [4.69, 9.17) is 5.73 Å². The number of nitrogens with zero attached hydrogens (tertiary/aromatic N) is 5. The van der Waals surface area contributed by atoms with E-state index >= 15 is 0 Å². The molecule has 10 heteroatoms. The molecule has 210 valence electrons. The summed E-state index contributed by atoms with van der Waals surface area (Å²) in [6, 6.07) is 8.41. The summed E-state index contributed by atoms with van der Waals surface area (Å²) in [4.78, 5) is 36.6. The molecule has 2 aromatic heterocycles. The summed E-state index contributed by atoms with van der Waals surface area (Å²) in [5.74, 6) is 0.682. The van der Waals surface area contributed by atoms with Gasteiger partial charge in [-0.2, -0.15) is 4.98 Å². The summed E-state index contributed by atoms with van der Waals surface area (Å²) in [6.45, 7) is 10.0. The summed E-state index contributed by atoms with van der Waals surface area (Å²) in [5, 5.41) is 13.3. The zero-order valence-corrected chi connectivity index (χ0v) is 23.3. The van der Waals surface area contributed by atoms with Gasteiger partial charge in [-0.05, 0) is 43.0 Å². The standard InChI is InChI=1S/C29H41N7O3/c1-4-5-6-24(19-37)31-28-27-25(32-29(30)33-28)9-10-36(27)18-23-16-22(8-7-20(23)2)17-34-11-13-35(14-12-34)26(39)15-21(3)38/h7-10,16,24,37H,4-6,11-15,17-19H2,1-3H3,(H3,30,31,32,33)/t24-/m0/s1. The maximum atomic E-state index is 12.2. The van der Waals surface area contributed by atoms with Crippen molar-refractivity contribution in [3.05, 3.63) is 47.2 Å². The van der Waals surface area contributed by atoms with Crippen LogP contribution >= 0.6 is 0 Å². The Balaban J connectivity index is 1.49. The van der Waals surface area contributed by atoms with E-state index in [0.717, 1.165) is 49.9 Å². The molecule has 1 amide bonds. The number of anilines is 2. The van der Waals surface area contributed by atoms with Gasteiger partial charge in [0.1, 0.15) is 11.3 Å². The van der Waals surface area contributed by atoms with E-state index in [9.17, 15) is 14.7 Å². The largest absolute Gasteiger partial charge is 0.394 e. The Bertz CT molecular complexity index is 1300. The average molecular weight is 536 g/mol. The highest BCUT2D eigenvalue weighted by molar-refractivity contribution is 5.96. The molecular weight excluding hydrogens is 494 g/mol. The fraction of sp³-hybridized carbons (Fsp3) is 0.517. The maximum absolute atomic E-state index is 12.2. The van der Waals surface area contributed by atoms with Gasteiger partial charge in [0.25, 0.3) is 0 Å². The van der Waals surface area contributed by atoms with Crippen LogP contribution < -0.4 is 11.1 Å². The van der Waals surface area contributed by atoms with Gasteiger partial charge in [0.15, 0.2) is 5.82 Å².